The van der Waals surface area contributed by atoms with Crippen LogP contribution in [0.3, 0.4) is 0 Å². The zero-order valence-electron chi connectivity index (χ0n) is 10.4. The number of hydrogen-bond acceptors (Lipinski definition) is 5. The number of aromatic nitrogens is 2. The fourth-order valence-electron chi connectivity index (χ4n) is 1.17. The van der Waals surface area contributed by atoms with Crippen LogP contribution in [0.25, 0.3) is 0 Å². The molecule has 1 aromatic rings. The van der Waals surface area contributed by atoms with Crippen LogP contribution in [-0.2, 0) is 0 Å². The molecule has 0 unspecified atom stereocenters. The van der Waals surface area contributed by atoms with Crippen LogP contribution < -0.4 is 16.6 Å². The predicted octanol–water partition coefficient (Wildman–Crippen LogP) is 0.928. The fourth-order valence-corrected chi connectivity index (χ4v) is 1.17. The molecule has 0 saturated heterocycles. The Bertz CT molecular complexity index is 368. The third-order valence-corrected chi connectivity index (χ3v) is 2.21. The smallest absolute Gasteiger partial charge is 0.271 e. The van der Waals surface area contributed by atoms with E-state index in [1.165, 1.54) is 0 Å². The molecule has 0 radical (unpaired) electrons. The van der Waals surface area contributed by atoms with E-state index in [-0.39, 0.29) is 17.0 Å². The van der Waals surface area contributed by atoms with Crippen LogP contribution in [0.2, 0.25) is 0 Å². The number of nitrogens with zero attached hydrogens (tertiary/aromatic N) is 2. The highest BCUT2D eigenvalue weighted by atomic mass is 16.1. The minimum atomic E-state index is -0.217. The zero-order valence-corrected chi connectivity index (χ0v) is 10.4. The van der Waals surface area contributed by atoms with Crippen molar-refractivity contribution in [2.24, 2.45) is 11.3 Å². The molecule has 0 spiro atoms. The second-order valence-electron chi connectivity index (χ2n) is 5.01. The second-order valence-corrected chi connectivity index (χ2v) is 5.01. The average Bonchev–Trinajstić information content (AvgIpc) is 2.27. The summed E-state index contributed by atoms with van der Waals surface area (Å²) in [6.45, 7) is 7.00. The molecule has 1 aromatic heterocycles. The fraction of sp³-hybridized carbons (Fsp3) is 0.545. The Morgan fingerprint density at radius 2 is 2.06 bits per heavy atom. The molecular formula is C11H19N5O. The zero-order chi connectivity index (χ0) is 12.9. The van der Waals surface area contributed by atoms with Crippen molar-refractivity contribution < 1.29 is 4.79 Å². The summed E-state index contributed by atoms with van der Waals surface area (Å²) < 4.78 is 0. The lowest BCUT2D eigenvalue weighted by Gasteiger charge is -2.17. The van der Waals surface area contributed by atoms with E-state index in [1.54, 1.807) is 12.1 Å². The number of nitrogens with one attached hydrogen (secondary N) is 2. The van der Waals surface area contributed by atoms with Crippen molar-refractivity contribution >= 4 is 11.7 Å². The van der Waals surface area contributed by atoms with Crippen LogP contribution >= 0.6 is 0 Å². The Labute approximate surface area is 101 Å². The molecule has 0 atom stereocenters. The summed E-state index contributed by atoms with van der Waals surface area (Å²) in [5, 5.41) is 10.3. The molecule has 0 aliphatic heterocycles. The van der Waals surface area contributed by atoms with Gasteiger partial charge in [-0.3, -0.25) is 4.79 Å². The molecule has 17 heavy (non-hydrogen) atoms. The van der Waals surface area contributed by atoms with Gasteiger partial charge in [0.2, 0.25) is 0 Å². The standard InChI is InChI=1S/C11H19N5O/c1-11(2,3)6-7-13-10(17)8-4-5-9(14-12)16-15-8/h4-5H,6-7,12H2,1-3H3,(H,13,17)(H,14,16). The van der Waals surface area contributed by atoms with Gasteiger partial charge in [-0.1, -0.05) is 20.8 Å². The lowest BCUT2D eigenvalue weighted by Crippen LogP contribution is -2.28. The molecule has 1 heterocycles. The number of rotatable bonds is 4. The highest BCUT2D eigenvalue weighted by Gasteiger charge is 2.12. The largest absolute Gasteiger partial charge is 0.351 e. The molecule has 1 rings (SSSR count). The second kappa shape index (κ2) is 5.58. The molecular weight excluding hydrogens is 218 g/mol. The maximum absolute atomic E-state index is 11.7. The molecule has 0 aliphatic carbocycles. The van der Waals surface area contributed by atoms with Crippen LogP contribution in [0.5, 0.6) is 0 Å². The van der Waals surface area contributed by atoms with Gasteiger partial charge in [0.25, 0.3) is 5.91 Å². The van der Waals surface area contributed by atoms with Gasteiger partial charge in [0.05, 0.1) is 0 Å². The Kier molecular flexibility index (Phi) is 4.39. The van der Waals surface area contributed by atoms with Gasteiger partial charge in [-0.2, -0.15) is 0 Å². The third-order valence-electron chi connectivity index (χ3n) is 2.21. The lowest BCUT2D eigenvalue weighted by atomic mass is 9.92. The van der Waals surface area contributed by atoms with Crippen molar-refractivity contribution in [3.05, 3.63) is 17.8 Å². The number of anilines is 1. The first kappa shape index (κ1) is 13.4. The third kappa shape index (κ3) is 4.78. The van der Waals surface area contributed by atoms with Gasteiger partial charge in [0.1, 0.15) is 0 Å². The van der Waals surface area contributed by atoms with Gasteiger partial charge in [0, 0.05) is 6.54 Å². The van der Waals surface area contributed by atoms with Crippen LogP contribution in [-0.4, -0.2) is 22.6 Å². The number of carbonyl (C=O) groups excluding carboxylic acids is 1. The summed E-state index contributed by atoms with van der Waals surface area (Å²) in [6.07, 6.45) is 0.911. The van der Waals surface area contributed by atoms with E-state index >= 15 is 0 Å². The van der Waals surface area contributed by atoms with Crippen molar-refractivity contribution in [2.75, 3.05) is 12.0 Å². The Morgan fingerprint density at radius 3 is 2.53 bits per heavy atom. The van der Waals surface area contributed by atoms with Gasteiger partial charge in [-0.15, -0.1) is 10.2 Å². The lowest BCUT2D eigenvalue weighted by molar-refractivity contribution is 0.0943. The Morgan fingerprint density at radius 1 is 1.35 bits per heavy atom. The van der Waals surface area contributed by atoms with E-state index in [0.29, 0.717) is 12.4 Å². The number of nitrogens with two attached hydrogens (primary N) is 1. The van der Waals surface area contributed by atoms with Crippen LogP contribution in [0.4, 0.5) is 5.82 Å². The maximum atomic E-state index is 11.7. The van der Waals surface area contributed by atoms with Gasteiger partial charge in [-0.25, -0.2) is 5.84 Å². The van der Waals surface area contributed by atoms with E-state index in [1.807, 2.05) is 0 Å². The van der Waals surface area contributed by atoms with Crippen molar-refractivity contribution in [2.45, 2.75) is 27.2 Å². The molecule has 0 aromatic carbocycles. The summed E-state index contributed by atoms with van der Waals surface area (Å²) in [7, 11) is 0. The van der Waals surface area contributed by atoms with Crippen molar-refractivity contribution in [3.8, 4) is 0 Å². The highest BCUT2D eigenvalue weighted by Crippen LogP contribution is 2.16. The van der Waals surface area contributed by atoms with Crippen LogP contribution in [0.1, 0.15) is 37.7 Å². The molecule has 0 fully saturated rings. The van der Waals surface area contributed by atoms with Crippen molar-refractivity contribution in [3.63, 3.8) is 0 Å². The van der Waals surface area contributed by atoms with Crippen molar-refractivity contribution in [1.82, 2.24) is 15.5 Å². The van der Waals surface area contributed by atoms with Gasteiger partial charge in [0.15, 0.2) is 11.5 Å². The average molecular weight is 237 g/mol. The first-order valence-electron chi connectivity index (χ1n) is 5.51. The summed E-state index contributed by atoms with van der Waals surface area (Å²) in [5.74, 6) is 5.36. The van der Waals surface area contributed by atoms with E-state index in [2.05, 4.69) is 41.7 Å². The molecule has 6 nitrogen and oxygen atoms in total. The topological polar surface area (TPSA) is 92.9 Å². The normalized spacial score (nSPS) is 11.1. The summed E-state index contributed by atoms with van der Waals surface area (Å²) in [4.78, 5) is 11.7. The minimum absolute atomic E-state index is 0.201. The first-order chi connectivity index (χ1) is 7.92. The molecule has 0 bridgehead atoms. The van der Waals surface area contributed by atoms with Gasteiger partial charge >= 0.3 is 0 Å². The van der Waals surface area contributed by atoms with Crippen LogP contribution in [0.15, 0.2) is 12.1 Å². The van der Waals surface area contributed by atoms with E-state index in [4.69, 9.17) is 5.84 Å². The minimum Gasteiger partial charge on any atom is -0.351 e. The Hall–Kier alpha value is -1.69. The predicted molar refractivity (Wildman–Crippen MR) is 66.2 cm³/mol. The summed E-state index contributed by atoms with van der Waals surface area (Å²) >= 11 is 0. The molecule has 0 saturated carbocycles. The molecule has 1 amide bonds. The number of carbonyl (C=O) groups is 1. The summed E-state index contributed by atoms with van der Waals surface area (Å²) in [6, 6.07) is 3.18. The van der Waals surface area contributed by atoms with Gasteiger partial charge < -0.3 is 10.7 Å². The number of hydrogen-bond donors (Lipinski definition) is 3. The quantitative estimate of drug-likeness (QED) is 0.535. The van der Waals surface area contributed by atoms with E-state index < -0.39 is 0 Å². The molecule has 0 aliphatic rings. The molecule has 94 valence electrons. The molecule has 4 N–H and O–H groups in total. The SMILES string of the molecule is CC(C)(C)CCNC(=O)c1ccc(NN)nn1. The maximum Gasteiger partial charge on any atom is 0.271 e. The number of amides is 1. The monoisotopic (exact) mass is 237 g/mol. The first-order valence-corrected chi connectivity index (χ1v) is 5.51. The number of hydrazine groups is 1. The van der Waals surface area contributed by atoms with E-state index in [0.717, 1.165) is 6.42 Å². The van der Waals surface area contributed by atoms with Gasteiger partial charge in [-0.05, 0) is 24.0 Å². The Balaban J connectivity index is 2.47. The highest BCUT2D eigenvalue weighted by molar-refractivity contribution is 5.92. The number of nitrogen functional groups attached to an aromatic ring is 1. The summed E-state index contributed by atoms with van der Waals surface area (Å²) in [5.41, 5.74) is 2.84. The molecule has 6 heteroatoms. The van der Waals surface area contributed by atoms with E-state index in [9.17, 15) is 4.79 Å². The van der Waals surface area contributed by atoms with Crippen LogP contribution in [0, 0.1) is 5.41 Å². The van der Waals surface area contributed by atoms with Crippen molar-refractivity contribution in [1.29, 1.82) is 0 Å².